The highest BCUT2D eigenvalue weighted by Crippen LogP contribution is 2.21. The van der Waals surface area contributed by atoms with Crippen molar-refractivity contribution in [3.05, 3.63) is 66.3 Å². The van der Waals surface area contributed by atoms with E-state index in [1.54, 1.807) is 12.1 Å². The summed E-state index contributed by atoms with van der Waals surface area (Å²) >= 11 is 0. The van der Waals surface area contributed by atoms with Crippen LogP contribution in [0.15, 0.2) is 59.1 Å². The first kappa shape index (κ1) is 13.3. The van der Waals surface area contributed by atoms with Crippen LogP contribution in [0.5, 0.6) is 0 Å². The molecule has 1 heterocycles. The Labute approximate surface area is 121 Å². The van der Waals surface area contributed by atoms with Crippen molar-refractivity contribution in [1.82, 2.24) is 10.1 Å². The molecule has 0 bridgehead atoms. The van der Waals surface area contributed by atoms with Crippen molar-refractivity contribution in [2.24, 2.45) is 0 Å². The lowest BCUT2D eigenvalue weighted by Gasteiger charge is -2.10. The number of hydrogen-bond acceptors (Lipinski definition) is 4. The van der Waals surface area contributed by atoms with Crippen LogP contribution in [0.1, 0.15) is 18.9 Å². The number of nitrogens with one attached hydrogen (secondary N) is 1. The van der Waals surface area contributed by atoms with Crippen molar-refractivity contribution in [3.63, 3.8) is 0 Å². The fourth-order valence-corrected chi connectivity index (χ4v) is 1.97. The van der Waals surface area contributed by atoms with Crippen molar-refractivity contribution >= 4 is 5.69 Å². The van der Waals surface area contributed by atoms with Gasteiger partial charge in [0, 0.05) is 11.3 Å². The Hall–Kier alpha value is -2.69. The molecule has 3 aromatic rings. The number of hydrogen-bond donors (Lipinski definition) is 1. The topological polar surface area (TPSA) is 51.0 Å². The molecule has 1 N–H and O–H groups in total. The van der Waals surface area contributed by atoms with Gasteiger partial charge in [0.2, 0.25) is 11.7 Å². The number of aromatic nitrogens is 2. The number of rotatable bonds is 4. The molecule has 4 nitrogen and oxygen atoms in total. The van der Waals surface area contributed by atoms with Gasteiger partial charge in [-0.25, -0.2) is 4.39 Å². The van der Waals surface area contributed by atoms with Crippen LogP contribution in [-0.2, 0) is 0 Å². The van der Waals surface area contributed by atoms with E-state index in [0.717, 1.165) is 11.3 Å². The van der Waals surface area contributed by atoms with Crippen molar-refractivity contribution < 1.29 is 8.91 Å². The minimum atomic E-state index is -0.266. The molecule has 0 fully saturated rings. The van der Waals surface area contributed by atoms with Crippen molar-refractivity contribution in [1.29, 1.82) is 0 Å². The van der Waals surface area contributed by atoms with Crippen LogP contribution in [0.25, 0.3) is 11.4 Å². The second-order valence-corrected chi connectivity index (χ2v) is 4.70. The first-order valence-corrected chi connectivity index (χ1v) is 6.63. The van der Waals surface area contributed by atoms with Gasteiger partial charge in [-0.3, -0.25) is 0 Å². The smallest absolute Gasteiger partial charge is 0.249 e. The van der Waals surface area contributed by atoms with Crippen LogP contribution in [0.2, 0.25) is 0 Å². The van der Waals surface area contributed by atoms with E-state index in [1.807, 2.05) is 37.3 Å². The summed E-state index contributed by atoms with van der Waals surface area (Å²) in [5.41, 5.74) is 1.70. The highest BCUT2D eigenvalue weighted by atomic mass is 19.1. The Morgan fingerprint density at radius 1 is 1.05 bits per heavy atom. The molecule has 0 aliphatic rings. The molecular weight excluding hydrogens is 269 g/mol. The number of benzene rings is 2. The van der Waals surface area contributed by atoms with Gasteiger partial charge in [0.1, 0.15) is 11.9 Å². The summed E-state index contributed by atoms with van der Waals surface area (Å²) in [6.07, 6.45) is 0. The van der Waals surface area contributed by atoms with Gasteiger partial charge in [-0.05, 0) is 31.2 Å². The second kappa shape index (κ2) is 5.75. The third kappa shape index (κ3) is 3.08. The van der Waals surface area contributed by atoms with Gasteiger partial charge in [0.15, 0.2) is 0 Å². The quantitative estimate of drug-likeness (QED) is 0.784. The van der Waals surface area contributed by atoms with Crippen LogP contribution >= 0.6 is 0 Å². The molecule has 1 unspecified atom stereocenters. The lowest BCUT2D eigenvalue weighted by Crippen LogP contribution is -2.06. The van der Waals surface area contributed by atoms with Crippen LogP contribution in [-0.4, -0.2) is 10.1 Å². The average Bonchev–Trinajstić information content (AvgIpc) is 3.00. The maximum atomic E-state index is 12.9. The van der Waals surface area contributed by atoms with Gasteiger partial charge in [0.05, 0.1) is 0 Å². The largest absolute Gasteiger partial charge is 0.374 e. The molecule has 0 saturated heterocycles. The van der Waals surface area contributed by atoms with E-state index in [4.69, 9.17) is 4.52 Å². The lowest BCUT2D eigenvalue weighted by molar-refractivity contribution is 0.368. The Morgan fingerprint density at radius 3 is 2.48 bits per heavy atom. The third-order valence-electron chi connectivity index (χ3n) is 3.07. The Bertz CT molecular complexity index is 710. The SMILES string of the molecule is CC(Nc1ccc(F)cc1)c1nc(-c2ccccc2)no1. The van der Waals surface area contributed by atoms with Crippen LogP contribution in [0.3, 0.4) is 0 Å². The molecule has 0 radical (unpaired) electrons. The van der Waals surface area contributed by atoms with Crippen LogP contribution in [0, 0.1) is 5.82 Å². The minimum absolute atomic E-state index is 0.166. The van der Waals surface area contributed by atoms with E-state index >= 15 is 0 Å². The average molecular weight is 283 g/mol. The van der Waals surface area contributed by atoms with Gasteiger partial charge in [-0.15, -0.1) is 0 Å². The standard InChI is InChI=1S/C16H14FN3O/c1-11(18-14-9-7-13(17)8-10-14)16-19-15(20-21-16)12-5-3-2-4-6-12/h2-11,18H,1H3. The Balaban J connectivity index is 1.75. The number of anilines is 1. The summed E-state index contributed by atoms with van der Waals surface area (Å²) in [5.74, 6) is 0.772. The molecule has 2 aromatic carbocycles. The van der Waals surface area contributed by atoms with Crippen LogP contribution in [0.4, 0.5) is 10.1 Å². The molecule has 1 aromatic heterocycles. The summed E-state index contributed by atoms with van der Waals surface area (Å²) in [4.78, 5) is 4.38. The molecule has 5 heteroatoms. The molecule has 21 heavy (non-hydrogen) atoms. The predicted molar refractivity (Wildman–Crippen MR) is 78.2 cm³/mol. The zero-order valence-electron chi connectivity index (χ0n) is 11.5. The summed E-state index contributed by atoms with van der Waals surface area (Å²) in [6, 6.07) is 15.6. The van der Waals surface area contributed by atoms with E-state index < -0.39 is 0 Å². The zero-order valence-corrected chi connectivity index (χ0v) is 11.5. The van der Waals surface area contributed by atoms with E-state index in [2.05, 4.69) is 15.5 Å². The van der Waals surface area contributed by atoms with Gasteiger partial charge in [-0.1, -0.05) is 35.5 Å². The fourth-order valence-electron chi connectivity index (χ4n) is 1.97. The van der Waals surface area contributed by atoms with Crippen molar-refractivity contribution in [3.8, 4) is 11.4 Å². The third-order valence-corrected chi connectivity index (χ3v) is 3.07. The lowest BCUT2D eigenvalue weighted by atomic mass is 10.2. The molecule has 1 atom stereocenters. The van der Waals surface area contributed by atoms with E-state index in [0.29, 0.717) is 11.7 Å². The first-order valence-electron chi connectivity index (χ1n) is 6.63. The normalized spacial score (nSPS) is 12.1. The monoisotopic (exact) mass is 283 g/mol. The van der Waals surface area contributed by atoms with E-state index in [1.165, 1.54) is 12.1 Å². The highest BCUT2D eigenvalue weighted by Gasteiger charge is 2.15. The van der Waals surface area contributed by atoms with E-state index in [-0.39, 0.29) is 11.9 Å². The highest BCUT2D eigenvalue weighted by molar-refractivity contribution is 5.53. The Kier molecular flexibility index (Phi) is 3.64. The Morgan fingerprint density at radius 2 is 1.76 bits per heavy atom. The molecule has 0 spiro atoms. The maximum Gasteiger partial charge on any atom is 0.249 e. The van der Waals surface area contributed by atoms with Gasteiger partial charge in [-0.2, -0.15) is 4.98 Å². The van der Waals surface area contributed by atoms with Crippen molar-refractivity contribution in [2.45, 2.75) is 13.0 Å². The molecule has 0 aliphatic carbocycles. The molecule has 0 amide bonds. The van der Waals surface area contributed by atoms with Crippen molar-refractivity contribution in [2.75, 3.05) is 5.32 Å². The minimum Gasteiger partial charge on any atom is -0.374 e. The second-order valence-electron chi connectivity index (χ2n) is 4.70. The summed E-state index contributed by atoms with van der Waals surface area (Å²) in [5, 5.41) is 7.16. The first-order chi connectivity index (χ1) is 10.2. The predicted octanol–water partition coefficient (Wildman–Crippen LogP) is 4.05. The number of nitrogens with zero attached hydrogens (tertiary/aromatic N) is 2. The summed E-state index contributed by atoms with van der Waals surface area (Å²) < 4.78 is 18.1. The van der Waals surface area contributed by atoms with Gasteiger partial charge < -0.3 is 9.84 Å². The van der Waals surface area contributed by atoms with Gasteiger partial charge in [0.25, 0.3) is 0 Å². The summed E-state index contributed by atoms with van der Waals surface area (Å²) in [7, 11) is 0. The molecule has 106 valence electrons. The zero-order chi connectivity index (χ0) is 14.7. The van der Waals surface area contributed by atoms with Gasteiger partial charge >= 0.3 is 0 Å². The van der Waals surface area contributed by atoms with E-state index in [9.17, 15) is 4.39 Å². The molecule has 0 saturated carbocycles. The molecule has 0 aliphatic heterocycles. The van der Waals surface area contributed by atoms with Crippen LogP contribution < -0.4 is 5.32 Å². The molecular formula is C16H14FN3O. The summed E-state index contributed by atoms with van der Waals surface area (Å²) in [6.45, 7) is 1.91. The maximum absolute atomic E-state index is 12.9. The fraction of sp³-hybridized carbons (Fsp3) is 0.125. The number of halogens is 1. The molecule has 3 rings (SSSR count).